The van der Waals surface area contributed by atoms with E-state index >= 15 is 0 Å². The predicted octanol–water partition coefficient (Wildman–Crippen LogP) is 4.57. The van der Waals surface area contributed by atoms with E-state index in [-0.39, 0.29) is 29.4 Å². The molecule has 9 heteroatoms. The number of carbonyl (C=O) groups is 2. The first kappa shape index (κ1) is 22.8. The van der Waals surface area contributed by atoms with E-state index in [0.29, 0.717) is 21.1 Å². The van der Waals surface area contributed by atoms with Crippen LogP contribution in [-0.2, 0) is 16.6 Å². The molecular formula is C24H21N3O4S2. The third kappa shape index (κ3) is 4.84. The Labute approximate surface area is 198 Å². The molecule has 0 aliphatic rings. The van der Waals surface area contributed by atoms with Crippen LogP contribution in [0.5, 0.6) is 0 Å². The number of amides is 1. The highest BCUT2D eigenvalue weighted by molar-refractivity contribution is 7.99. The Hall–Kier alpha value is -3.43. The number of carbonyl (C=O) groups excluding carboxylic acids is 2. The highest BCUT2D eigenvalue weighted by atomic mass is 32.2. The maximum atomic E-state index is 12.9. The minimum atomic E-state index is -0.499. The number of fused-ring (bicyclic) bond motifs is 1. The normalized spacial score (nSPS) is 10.8. The Balaban J connectivity index is 1.56. The van der Waals surface area contributed by atoms with Gasteiger partial charge in [0.05, 0.1) is 29.1 Å². The zero-order valence-corrected chi connectivity index (χ0v) is 19.7. The van der Waals surface area contributed by atoms with Gasteiger partial charge in [-0.1, -0.05) is 54.2 Å². The maximum Gasteiger partial charge on any atom is 0.340 e. The quantitative estimate of drug-likeness (QED) is 0.237. The second kappa shape index (κ2) is 10.0. The Morgan fingerprint density at radius 1 is 1.12 bits per heavy atom. The van der Waals surface area contributed by atoms with Crippen molar-refractivity contribution in [3.63, 3.8) is 0 Å². The smallest absolute Gasteiger partial charge is 0.340 e. The van der Waals surface area contributed by atoms with E-state index in [4.69, 9.17) is 9.72 Å². The molecule has 1 N–H and O–H groups in total. The molecule has 7 nitrogen and oxygen atoms in total. The van der Waals surface area contributed by atoms with Crippen LogP contribution in [0.4, 0.5) is 5.69 Å². The standard InChI is InChI=1S/C24H21N3O4S2/c1-3-31-23(30)16-11-7-8-12-18(16)25-19(28)14-33-24-26-20-17(15-9-5-4-6-10-15)13-32-21(20)22(29)27(24)2/h4-13H,3,14H2,1-2H3,(H,25,28). The summed E-state index contributed by atoms with van der Waals surface area (Å²) in [5, 5.41) is 5.12. The zero-order valence-electron chi connectivity index (χ0n) is 18.0. The van der Waals surface area contributed by atoms with Crippen molar-refractivity contribution < 1.29 is 14.3 Å². The third-order valence-electron chi connectivity index (χ3n) is 4.87. The van der Waals surface area contributed by atoms with E-state index in [0.717, 1.165) is 22.9 Å². The lowest BCUT2D eigenvalue weighted by molar-refractivity contribution is -0.113. The molecule has 0 spiro atoms. The van der Waals surface area contributed by atoms with Gasteiger partial charge in [-0.05, 0) is 24.6 Å². The molecule has 0 unspecified atom stereocenters. The first-order valence-electron chi connectivity index (χ1n) is 10.2. The molecule has 33 heavy (non-hydrogen) atoms. The largest absolute Gasteiger partial charge is 0.462 e. The minimum Gasteiger partial charge on any atom is -0.462 e. The molecule has 0 saturated heterocycles. The average Bonchev–Trinajstić information content (AvgIpc) is 3.25. The van der Waals surface area contributed by atoms with Crippen molar-refractivity contribution in [1.82, 2.24) is 9.55 Å². The average molecular weight is 480 g/mol. The summed E-state index contributed by atoms with van der Waals surface area (Å²) in [6, 6.07) is 16.4. The van der Waals surface area contributed by atoms with Crippen molar-refractivity contribution in [2.45, 2.75) is 12.1 Å². The van der Waals surface area contributed by atoms with Gasteiger partial charge in [-0.2, -0.15) is 0 Å². The van der Waals surface area contributed by atoms with Crippen molar-refractivity contribution in [3.8, 4) is 11.1 Å². The molecule has 0 atom stereocenters. The first-order chi connectivity index (χ1) is 16.0. The number of para-hydroxylation sites is 1. The number of ether oxygens (including phenoxy) is 1. The van der Waals surface area contributed by atoms with Crippen molar-refractivity contribution in [2.24, 2.45) is 7.05 Å². The summed E-state index contributed by atoms with van der Waals surface area (Å²) >= 11 is 2.53. The Morgan fingerprint density at radius 2 is 1.85 bits per heavy atom. The van der Waals surface area contributed by atoms with E-state index in [9.17, 15) is 14.4 Å². The lowest BCUT2D eigenvalue weighted by atomic mass is 10.1. The molecule has 2 aromatic carbocycles. The van der Waals surface area contributed by atoms with E-state index in [1.54, 1.807) is 38.2 Å². The number of hydrogen-bond acceptors (Lipinski definition) is 7. The van der Waals surface area contributed by atoms with Gasteiger partial charge in [-0.25, -0.2) is 9.78 Å². The van der Waals surface area contributed by atoms with Crippen molar-refractivity contribution in [2.75, 3.05) is 17.7 Å². The van der Waals surface area contributed by atoms with Crippen LogP contribution >= 0.6 is 23.1 Å². The molecule has 1 amide bonds. The van der Waals surface area contributed by atoms with Gasteiger partial charge >= 0.3 is 5.97 Å². The second-order valence-corrected chi connectivity index (χ2v) is 8.88. The van der Waals surface area contributed by atoms with E-state index in [2.05, 4.69) is 5.32 Å². The molecular weight excluding hydrogens is 458 g/mol. The summed E-state index contributed by atoms with van der Waals surface area (Å²) in [5.41, 5.74) is 3.02. The third-order valence-corrected chi connectivity index (χ3v) is 6.86. The van der Waals surface area contributed by atoms with Gasteiger partial charge in [0.1, 0.15) is 4.70 Å². The van der Waals surface area contributed by atoms with Gasteiger partial charge in [0.15, 0.2) is 5.16 Å². The molecule has 2 aromatic heterocycles. The van der Waals surface area contributed by atoms with Gasteiger partial charge in [0, 0.05) is 18.0 Å². The Morgan fingerprint density at radius 3 is 2.61 bits per heavy atom. The number of aromatic nitrogens is 2. The molecule has 0 aliphatic heterocycles. The SMILES string of the molecule is CCOC(=O)c1ccccc1NC(=O)CSc1nc2c(-c3ccccc3)csc2c(=O)n1C. The van der Waals surface area contributed by atoms with Crippen LogP contribution in [0.3, 0.4) is 0 Å². The molecule has 4 aromatic rings. The topological polar surface area (TPSA) is 90.3 Å². The summed E-state index contributed by atoms with van der Waals surface area (Å²) in [7, 11) is 1.65. The monoisotopic (exact) mass is 479 g/mol. The Kier molecular flexibility index (Phi) is 6.90. The fourth-order valence-corrected chi connectivity index (χ4v) is 5.02. The lowest BCUT2D eigenvalue weighted by Gasteiger charge is -2.11. The van der Waals surface area contributed by atoms with Crippen LogP contribution in [-0.4, -0.2) is 33.8 Å². The summed E-state index contributed by atoms with van der Waals surface area (Å²) in [4.78, 5) is 42.3. The number of benzene rings is 2. The number of rotatable bonds is 7. The van der Waals surface area contributed by atoms with Crippen LogP contribution in [0.25, 0.3) is 21.3 Å². The maximum absolute atomic E-state index is 12.9. The number of thiophene rings is 1. The van der Waals surface area contributed by atoms with E-state index < -0.39 is 5.97 Å². The molecule has 4 rings (SSSR count). The highest BCUT2D eigenvalue weighted by Crippen LogP contribution is 2.32. The fourth-order valence-electron chi connectivity index (χ4n) is 3.27. The summed E-state index contributed by atoms with van der Waals surface area (Å²) < 4.78 is 7.08. The molecule has 0 radical (unpaired) electrons. The van der Waals surface area contributed by atoms with E-state index in [1.807, 2.05) is 35.7 Å². The molecule has 0 bridgehead atoms. The van der Waals surface area contributed by atoms with Crippen LogP contribution in [0.15, 0.2) is 69.9 Å². The molecule has 168 valence electrons. The molecule has 0 fully saturated rings. The molecule has 2 heterocycles. The van der Waals surface area contributed by atoms with Gasteiger partial charge in [-0.15, -0.1) is 11.3 Å². The second-order valence-electron chi connectivity index (χ2n) is 7.05. The zero-order chi connectivity index (χ0) is 23.4. The first-order valence-corrected chi connectivity index (χ1v) is 12.1. The van der Waals surface area contributed by atoms with Gasteiger partial charge < -0.3 is 10.1 Å². The van der Waals surface area contributed by atoms with Crippen molar-refractivity contribution in [1.29, 1.82) is 0 Å². The Bertz CT molecular complexity index is 1380. The van der Waals surface area contributed by atoms with Crippen LogP contribution < -0.4 is 10.9 Å². The van der Waals surface area contributed by atoms with Crippen LogP contribution in [0.2, 0.25) is 0 Å². The number of thioether (sulfide) groups is 1. The summed E-state index contributed by atoms with van der Waals surface area (Å²) in [6.07, 6.45) is 0. The number of anilines is 1. The van der Waals surface area contributed by atoms with E-state index in [1.165, 1.54) is 15.9 Å². The summed E-state index contributed by atoms with van der Waals surface area (Å²) in [6.45, 7) is 1.97. The highest BCUT2D eigenvalue weighted by Gasteiger charge is 2.17. The number of hydrogen-bond donors (Lipinski definition) is 1. The van der Waals surface area contributed by atoms with Gasteiger partial charge in [0.2, 0.25) is 5.91 Å². The van der Waals surface area contributed by atoms with Crippen molar-refractivity contribution >= 4 is 50.9 Å². The molecule has 0 saturated carbocycles. The van der Waals surface area contributed by atoms with Gasteiger partial charge in [0.25, 0.3) is 5.56 Å². The van der Waals surface area contributed by atoms with Crippen LogP contribution in [0, 0.1) is 0 Å². The van der Waals surface area contributed by atoms with Crippen LogP contribution in [0.1, 0.15) is 17.3 Å². The molecule has 0 aliphatic carbocycles. The predicted molar refractivity (Wildman–Crippen MR) is 132 cm³/mol. The number of esters is 1. The number of nitrogens with zero attached hydrogens (tertiary/aromatic N) is 2. The van der Waals surface area contributed by atoms with Crippen molar-refractivity contribution in [3.05, 3.63) is 75.9 Å². The minimum absolute atomic E-state index is 0.0216. The van der Waals surface area contributed by atoms with Gasteiger partial charge in [-0.3, -0.25) is 14.2 Å². The summed E-state index contributed by atoms with van der Waals surface area (Å²) in [5.74, 6) is -0.797. The lowest BCUT2D eigenvalue weighted by Crippen LogP contribution is -2.21. The number of nitrogens with one attached hydrogen (secondary N) is 1. The fraction of sp³-hybridized carbons (Fsp3) is 0.167.